The van der Waals surface area contributed by atoms with Gasteiger partial charge in [0.15, 0.2) is 11.5 Å². The van der Waals surface area contributed by atoms with Crippen LogP contribution < -0.4 is 9.47 Å². The quantitative estimate of drug-likeness (QED) is 0.909. The molecule has 1 fully saturated rings. The van der Waals surface area contributed by atoms with Crippen molar-refractivity contribution in [2.24, 2.45) is 0 Å². The number of fused-ring (bicyclic) bond motifs is 2. The number of ether oxygens (including phenoxy) is 2. The van der Waals surface area contributed by atoms with Crippen molar-refractivity contribution in [3.05, 3.63) is 29.5 Å². The number of nitrogens with zero attached hydrogens (tertiary/aromatic N) is 1. The molecule has 1 aromatic heterocycles. The van der Waals surface area contributed by atoms with E-state index in [0.717, 1.165) is 18.5 Å². The lowest BCUT2D eigenvalue weighted by Crippen LogP contribution is -2.15. The predicted octanol–water partition coefficient (Wildman–Crippen LogP) is 2.58. The van der Waals surface area contributed by atoms with Crippen LogP contribution in [0.4, 0.5) is 0 Å². The number of rotatable bonds is 2. The predicted molar refractivity (Wildman–Crippen MR) is 71.7 cm³/mol. The minimum atomic E-state index is -0.934. The van der Waals surface area contributed by atoms with Gasteiger partial charge in [-0.25, -0.2) is 4.79 Å². The average Bonchev–Trinajstić information content (AvgIpc) is 3.28. The summed E-state index contributed by atoms with van der Waals surface area (Å²) in [5.74, 6) is 0.703. The maximum atomic E-state index is 11.5. The van der Waals surface area contributed by atoms with Crippen LogP contribution in [0, 0.1) is 0 Å². The summed E-state index contributed by atoms with van der Waals surface area (Å²) in [6, 6.07) is 5.19. The van der Waals surface area contributed by atoms with E-state index in [-0.39, 0.29) is 5.56 Å². The molecule has 1 saturated carbocycles. The van der Waals surface area contributed by atoms with Crippen LogP contribution in [0.15, 0.2) is 18.2 Å². The summed E-state index contributed by atoms with van der Waals surface area (Å²) >= 11 is 0. The first-order valence-electron chi connectivity index (χ1n) is 6.70. The molecule has 1 N–H and O–H groups in total. The Labute approximate surface area is 115 Å². The van der Waals surface area contributed by atoms with E-state index >= 15 is 0 Å². The van der Waals surface area contributed by atoms with Crippen LogP contribution in [0.5, 0.6) is 11.5 Å². The summed E-state index contributed by atoms with van der Waals surface area (Å²) in [4.78, 5) is 16.1. The number of carboxylic acid groups (broad SMARTS) is 1. The molecule has 0 amide bonds. The van der Waals surface area contributed by atoms with Crippen molar-refractivity contribution >= 4 is 16.9 Å². The van der Waals surface area contributed by atoms with E-state index in [2.05, 4.69) is 4.98 Å². The van der Waals surface area contributed by atoms with Crippen molar-refractivity contribution in [1.82, 2.24) is 4.98 Å². The fourth-order valence-corrected chi connectivity index (χ4v) is 2.55. The van der Waals surface area contributed by atoms with E-state index in [1.54, 1.807) is 18.2 Å². The zero-order valence-electron chi connectivity index (χ0n) is 10.8. The fourth-order valence-electron chi connectivity index (χ4n) is 2.55. The lowest BCUT2D eigenvalue weighted by atomic mass is 10.1. The number of aromatic nitrogens is 1. The standard InChI is InChI=1S/C15H13NO4/c17-15(18)10-5-11(8-1-2-8)16-12-7-14-13(6-9(10)12)19-3-4-20-14/h5-8H,1-4H2,(H,17,18). The van der Waals surface area contributed by atoms with Crippen LogP contribution in [0.3, 0.4) is 0 Å². The lowest BCUT2D eigenvalue weighted by Gasteiger charge is -2.19. The van der Waals surface area contributed by atoms with Crippen molar-refractivity contribution < 1.29 is 19.4 Å². The fraction of sp³-hybridized carbons (Fsp3) is 0.333. The van der Waals surface area contributed by atoms with Crippen LogP contribution in [-0.4, -0.2) is 29.3 Å². The van der Waals surface area contributed by atoms with Gasteiger partial charge in [-0.3, -0.25) is 4.98 Å². The monoisotopic (exact) mass is 271 g/mol. The van der Waals surface area contributed by atoms with Gasteiger partial charge in [0.2, 0.25) is 0 Å². The molecule has 0 radical (unpaired) electrons. The van der Waals surface area contributed by atoms with Gasteiger partial charge in [0.1, 0.15) is 13.2 Å². The van der Waals surface area contributed by atoms with Crippen LogP contribution in [0.25, 0.3) is 10.9 Å². The summed E-state index contributed by atoms with van der Waals surface area (Å²) in [5.41, 5.74) is 1.82. The molecule has 0 saturated heterocycles. The van der Waals surface area contributed by atoms with Gasteiger partial charge in [-0.05, 0) is 25.0 Å². The molecule has 2 aliphatic rings. The number of carbonyl (C=O) groups is 1. The van der Waals surface area contributed by atoms with Gasteiger partial charge in [-0.15, -0.1) is 0 Å². The molecule has 0 unspecified atom stereocenters. The molecule has 0 bridgehead atoms. The Morgan fingerprint density at radius 3 is 2.50 bits per heavy atom. The van der Waals surface area contributed by atoms with E-state index in [1.807, 2.05) is 0 Å². The number of aromatic carboxylic acids is 1. The van der Waals surface area contributed by atoms with Crippen LogP contribution in [0.1, 0.15) is 34.8 Å². The van der Waals surface area contributed by atoms with Crippen molar-refractivity contribution in [3.8, 4) is 11.5 Å². The minimum absolute atomic E-state index is 0.286. The van der Waals surface area contributed by atoms with E-state index < -0.39 is 5.97 Å². The van der Waals surface area contributed by atoms with Crippen LogP contribution >= 0.6 is 0 Å². The van der Waals surface area contributed by atoms with Gasteiger partial charge in [0.25, 0.3) is 0 Å². The average molecular weight is 271 g/mol. The van der Waals surface area contributed by atoms with Gasteiger partial charge >= 0.3 is 5.97 Å². The van der Waals surface area contributed by atoms with Crippen molar-refractivity contribution in [1.29, 1.82) is 0 Å². The minimum Gasteiger partial charge on any atom is -0.486 e. The summed E-state index contributed by atoms with van der Waals surface area (Å²) < 4.78 is 11.0. The molecular formula is C15H13NO4. The molecule has 1 aliphatic heterocycles. The molecule has 1 aliphatic carbocycles. The first-order chi connectivity index (χ1) is 9.72. The Morgan fingerprint density at radius 1 is 1.15 bits per heavy atom. The third kappa shape index (κ3) is 1.78. The Hall–Kier alpha value is -2.30. The third-order valence-corrected chi connectivity index (χ3v) is 3.72. The molecule has 20 heavy (non-hydrogen) atoms. The van der Waals surface area contributed by atoms with E-state index in [1.165, 1.54) is 0 Å². The Kier molecular flexibility index (Phi) is 2.36. The maximum Gasteiger partial charge on any atom is 0.336 e. The lowest BCUT2D eigenvalue weighted by molar-refractivity contribution is 0.0699. The highest BCUT2D eigenvalue weighted by Crippen LogP contribution is 2.42. The largest absolute Gasteiger partial charge is 0.486 e. The summed E-state index contributed by atoms with van der Waals surface area (Å²) in [6.45, 7) is 0.987. The van der Waals surface area contributed by atoms with E-state index in [9.17, 15) is 9.90 Å². The van der Waals surface area contributed by atoms with E-state index in [4.69, 9.17) is 9.47 Å². The van der Waals surface area contributed by atoms with Gasteiger partial charge < -0.3 is 14.6 Å². The number of carboxylic acids is 1. The number of hydrogen-bond acceptors (Lipinski definition) is 4. The van der Waals surface area contributed by atoms with Gasteiger partial charge in [0.05, 0.1) is 11.1 Å². The summed E-state index contributed by atoms with van der Waals surface area (Å²) in [5, 5.41) is 10.0. The molecule has 2 heterocycles. The highest BCUT2D eigenvalue weighted by Gasteiger charge is 2.27. The Bertz CT molecular complexity index is 721. The Morgan fingerprint density at radius 2 is 1.85 bits per heavy atom. The van der Waals surface area contributed by atoms with Crippen molar-refractivity contribution in [2.75, 3.05) is 13.2 Å². The van der Waals surface area contributed by atoms with Crippen LogP contribution in [0.2, 0.25) is 0 Å². The molecule has 5 heteroatoms. The normalized spacial score (nSPS) is 17.2. The topological polar surface area (TPSA) is 68.7 Å². The zero-order valence-corrected chi connectivity index (χ0v) is 10.8. The molecule has 5 nitrogen and oxygen atoms in total. The summed E-state index contributed by atoms with van der Waals surface area (Å²) in [6.07, 6.45) is 2.17. The van der Waals surface area contributed by atoms with Gasteiger partial charge in [-0.1, -0.05) is 0 Å². The SMILES string of the molecule is O=C(O)c1cc(C2CC2)nc2cc3c(cc12)OCCO3. The second-order valence-corrected chi connectivity index (χ2v) is 5.19. The second-order valence-electron chi connectivity index (χ2n) is 5.19. The zero-order chi connectivity index (χ0) is 13.7. The molecular weight excluding hydrogens is 258 g/mol. The van der Waals surface area contributed by atoms with E-state index in [0.29, 0.717) is 41.5 Å². The van der Waals surface area contributed by atoms with Crippen molar-refractivity contribution in [2.45, 2.75) is 18.8 Å². The molecule has 4 rings (SSSR count). The highest BCUT2D eigenvalue weighted by molar-refractivity contribution is 6.03. The molecule has 2 aromatic rings. The number of pyridine rings is 1. The first kappa shape index (κ1) is 11.5. The van der Waals surface area contributed by atoms with Gasteiger partial charge in [0, 0.05) is 23.1 Å². The number of hydrogen-bond donors (Lipinski definition) is 1. The smallest absolute Gasteiger partial charge is 0.336 e. The molecule has 1 aromatic carbocycles. The summed E-state index contributed by atoms with van der Waals surface area (Å²) in [7, 11) is 0. The third-order valence-electron chi connectivity index (χ3n) is 3.72. The first-order valence-corrected chi connectivity index (χ1v) is 6.70. The maximum absolute atomic E-state index is 11.5. The van der Waals surface area contributed by atoms with Crippen LogP contribution in [-0.2, 0) is 0 Å². The highest BCUT2D eigenvalue weighted by atomic mass is 16.6. The Balaban J connectivity index is 1.98. The number of benzene rings is 1. The molecule has 0 spiro atoms. The molecule has 0 atom stereocenters. The van der Waals surface area contributed by atoms with Crippen molar-refractivity contribution in [3.63, 3.8) is 0 Å². The van der Waals surface area contributed by atoms with Gasteiger partial charge in [-0.2, -0.15) is 0 Å². The molecule has 102 valence electrons. The second kappa shape index (κ2) is 4.10.